The lowest BCUT2D eigenvalue weighted by molar-refractivity contribution is -0.116. The minimum atomic E-state index is -3.57. The van der Waals surface area contributed by atoms with Crippen molar-refractivity contribution in [1.29, 1.82) is 0 Å². The number of carbonyl (C=O) groups is 1. The number of sulfonamides is 1. The molecule has 6 nitrogen and oxygen atoms in total. The van der Waals surface area contributed by atoms with Gasteiger partial charge in [-0.05, 0) is 69.3 Å². The lowest BCUT2D eigenvalue weighted by Crippen LogP contribution is -2.32. The zero-order valence-corrected chi connectivity index (χ0v) is 15.6. The maximum Gasteiger partial charge on any atom is 0.246 e. The van der Waals surface area contributed by atoms with Crippen LogP contribution in [0.4, 0.5) is 15.8 Å². The van der Waals surface area contributed by atoms with Crippen LogP contribution in [0, 0.1) is 5.82 Å². The van der Waals surface area contributed by atoms with E-state index in [1.165, 1.54) is 36.4 Å². The number of benzene rings is 2. The van der Waals surface area contributed by atoms with Gasteiger partial charge in [-0.15, -0.1) is 0 Å². The van der Waals surface area contributed by atoms with E-state index in [2.05, 4.69) is 15.4 Å². The molecule has 140 valence electrons. The number of hydrogen-bond donors (Lipinski definition) is 3. The predicted octanol–water partition coefficient (Wildman–Crippen LogP) is 2.95. The summed E-state index contributed by atoms with van der Waals surface area (Å²) < 4.78 is 39.5. The van der Waals surface area contributed by atoms with Crippen LogP contribution in [0.5, 0.6) is 0 Å². The number of halogens is 1. The van der Waals surface area contributed by atoms with Crippen molar-refractivity contribution >= 4 is 27.3 Å². The van der Waals surface area contributed by atoms with E-state index in [0.29, 0.717) is 11.4 Å². The van der Waals surface area contributed by atoms with Crippen molar-refractivity contribution in [3.05, 3.63) is 54.3 Å². The Balaban J connectivity index is 1.99. The summed E-state index contributed by atoms with van der Waals surface area (Å²) in [5.74, 6) is -0.653. The van der Waals surface area contributed by atoms with Crippen LogP contribution in [0.3, 0.4) is 0 Å². The first kappa shape index (κ1) is 19.9. The Morgan fingerprint density at radius 1 is 0.923 bits per heavy atom. The Morgan fingerprint density at radius 2 is 1.46 bits per heavy atom. The second-order valence-electron chi connectivity index (χ2n) is 6.16. The number of amides is 1. The largest absolute Gasteiger partial charge is 0.374 e. The maximum atomic E-state index is 12.9. The third-order valence-electron chi connectivity index (χ3n) is 3.44. The molecule has 8 heteroatoms. The summed E-state index contributed by atoms with van der Waals surface area (Å²) in [4.78, 5) is 12.4. The molecule has 2 aromatic carbocycles. The Kier molecular flexibility index (Phi) is 6.33. The summed E-state index contributed by atoms with van der Waals surface area (Å²) in [7, 11) is -3.57. The minimum Gasteiger partial charge on any atom is -0.374 e. The molecule has 26 heavy (non-hydrogen) atoms. The smallest absolute Gasteiger partial charge is 0.246 e. The number of anilines is 2. The van der Waals surface area contributed by atoms with Crippen LogP contribution in [-0.2, 0) is 14.8 Å². The summed E-state index contributed by atoms with van der Waals surface area (Å²) in [6, 6.07) is 10.8. The number of carbonyl (C=O) groups excluding carboxylic acids is 1. The average molecular weight is 379 g/mol. The van der Waals surface area contributed by atoms with Crippen LogP contribution in [0.15, 0.2) is 53.4 Å². The molecule has 0 saturated carbocycles. The zero-order chi connectivity index (χ0) is 19.3. The molecule has 0 aromatic heterocycles. The molecule has 1 unspecified atom stereocenters. The Hall–Kier alpha value is -2.45. The number of rotatable bonds is 7. The van der Waals surface area contributed by atoms with Gasteiger partial charge in [0, 0.05) is 17.4 Å². The summed E-state index contributed by atoms with van der Waals surface area (Å²) >= 11 is 0. The highest BCUT2D eigenvalue weighted by atomic mass is 32.2. The molecule has 0 aliphatic carbocycles. The third kappa shape index (κ3) is 5.53. The van der Waals surface area contributed by atoms with Crippen LogP contribution < -0.4 is 15.4 Å². The lowest BCUT2D eigenvalue weighted by Gasteiger charge is -2.15. The fourth-order valence-electron chi connectivity index (χ4n) is 2.21. The molecule has 0 aliphatic rings. The summed E-state index contributed by atoms with van der Waals surface area (Å²) in [6.07, 6.45) is 0. The molecule has 0 heterocycles. The van der Waals surface area contributed by atoms with Crippen molar-refractivity contribution in [2.45, 2.75) is 37.8 Å². The van der Waals surface area contributed by atoms with Crippen molar-refractivity contribution < 1.29 is 17.6 Å². The highest BCUT2D eigenvalue weighted by Crippen LogP contribution is 2.15. The summed E-state index contributed by atoms with van der Waals surface area (Å²) in [5.41, 5.74) is 1.10. The molecule has 0 saturated heterocycles. The van der Waals surface area contributed by atoms with E-state index in [1.807, 2.05) is 0 Å². The highest BCUT2D eigenvalue weighted by molar-refractivity contribution is 7.89. The van der Waals surface area contributed by atoms with Crippen LogP contribution in [0.2, 0.25) is 0 Å². The first-order valence-corrected chi connectivity index (χ1v) is 9.61. The van der Waals surface area contributed by atoms with E-state index in [0.717, 1.165) is 0 Å². The SMILES string of the molecule is CC(C)NS(=O)(=O)c1ccc(NC(=O)C(C)Nc2ccc(F)cc2)cc1. The van der Waals surface area contributed by atoms with Gasteiger partial charge in [-0.3, -0.25) is 4.79 Å². The van der Waals surface area contributed by atoms with Crippen molar-refractivity contribution in [3.63, 3.8) is 0 Å². The second-order valence-corrected chi connectivity index (χ2v) is 7.88. The second kappa shape index (κ2) is 8.29. The van der Waals surface area contributed by atoms with Crippen molar-refractivity contribution in [2.75, 3.05) is 10.6 Å². The van der Waals surface area contributed by atoms with Crippen LogP contribution in [-0.4, -0.2) is 26.4 Å². The molecular weight excluding hydrogens is 357 g/mol. The molecule has 1 amide bonds. The van der Waals surface area contributed by atoms with Crippen molar-refractivity contribution in [1.82, 2.24) is 4.72 Å². The van der Waals surface area contributed by atoms with Gasteiger partial charge in [0.15, 0.2) is 0 Å². The van der Waals surface area contributed by atoms with E-state index < -0.39 is 16.1 Å². The fourth-order valence-corrected chi connectivity index (χ4v) is 3.46. The molecule has 1 atom stereocenters. The Morgan fingerprint density at radius 3 is 2.00 bits per heavy atom. The Bertz CT molecular complexity index is 850. The van der Waals surface area contributed by atoms with Crippen molar-refractivity contribution in [2.24, 2.45) is 0 Å². The summed E-state index contributed by atoms with van der Waals surface area (Å²) in [6.45, 7) is 5.15. The number of nitrogens with one attached hydrogen (secondary N) is 3. The fraction of sp³-hybridized carbons (Fsp3) is 0.278. The van der Waals surface area contributed by atoms with Crippen LogP contribution >= 0.6 is 0 Å². The van der Waals surface area contributed by atoms with Gasteiger partial charge in [-0.25, -0.2) is 17.5 Å². The van der Waals surface area contributed by atoms with Gasteiger partial charge in [-0.2, -0.15) is 0 Å². The lowest BCUT2D eigenvalue weighted by atomic mass is 10.2. The van der Waals surface area contributed by atoms with Gasteiger partial charge < -0.3 is 10.6 Å². The van der Waals surface area contributed by atoms with E-state index >= 15 is 0 Å². The highest BCUT2D eigenvalue weighted by Gasteiger charge is 2.16. The monoisotopic (exact) mass is 379 g/mol. The Labute approximate surface area is 152 Å². The maximum absolute atomic E-state index is 12.9. The molecule has 0 spiro atoms. The van der Waals surface area contributed by atoms with Crippen LogP contribution in [0.1, 0.15) is 20.8 Å². The molecule has 2 aromatic rings. The predicted molar refractivity (Wildman–Crippen MR) is 100 cm³/mol. The van der Waals surface area contributed by atoms with Crippen LogP contribution in [0.25, 0.3) is 0 Å². The van der Waals surface area contributed by atoms with Gasteiger partial charge in [0.25, 0.3) is 0 Å². The van der Waals surface area contributed by atoms with E-state index in [1.54, 1.807) is 32.9 Å². The van der Waals surface area contributed by atoms with Gasteiger partial charge in [0.05, 0.1) is 4.90 Å². The molecule has 2 rings (SSSR count). The van der Waals surface area contributed by atoms with Gasteiger partial charge in [0.1, 0.15) is 11.9 Å². The standard InChI is InChI=1S/C18H22FN3O3S/c1-12(2)22-26(24,25)17-10-8-16(9-11-17)21-18(23)13(3)20-15-6-4-14(19)5-7-15/h4-13,20,22H,1-3H3,(H,21,23). The van der Waals surface area contributed by atoms with E-state index in [9.17, 15) is 17.6 Å². The van der Waals surface area contributed by atoms with Gasteiger partial charge in [0.2, 0.25) is 15.9 Å². The van der Waals surface area contributed by atoms with E-state index in [-0.39, 0.29) is 22.7 Å². The molecular formula is C18H22FN3O3S. The normalized spacial score (nSPS) is 12.7. The third-order valence-corrected chi connectivity index (χ3v) is 5.12. The summed E-state index contributed by atoms with van der Waals surface area (Å²) in [5, 5.41) is 5.66. The first-order valence-electron chi connectivity index (χ1n) is 8.13. The topological polar surface area (TPSA) is 87.3 Å². The van der Waals surface area contributed by atoms with Gasteiger partial charge in [-0.1, -0.05) is 0 Å². The van der Waals surface area contributed by atoms with Gasteiger partial charge >= 0.3 is 0 Å². The molecule has 0 fully saturated rings. The minimum absolute atomic E-state index is 0.127. The molecule has 0 radical (unpaired) electrons. The molecule has 0 bridgehead atoms. The zero-order valence-electron chi connectivity index (χ0n) is 14.8. The van der Waals surface area contributed by atoms with E-state index in [4.69, 9.17) is 0 Å². The molecule has 0 aliphatic heterocycles. The quantitative estimate of drug-likeness (QED) is 0.690. The van der Waals surface area contributed by atoms with Crippen molar-refractivity contribution in [3.8, 4) is 0 Å². The molecule has 3 N–H and O–H groups in total. The number of hydrogen-bond acceptors (Lipinski definition) is 4. The first-order chi connectivity index (χ1) is 12.2. The average Bonchev–Trinajstić information content (AvgIpc) is 2.56.